The number of hydrogen-bond donors (Lipinski definition) is 2. The molecule has 1 rings (SSSR count). The largest absolute Gasteiger partial charge is 0.394 e. The van der Waals surface area contributed by atoms with Gasteiger partial charge >= 0.3 is 0 Å². The average molecular weight is 235 g/mol. The third-order valence-corrected chi connectivity index (χ3v) is 3.57. The Morgan fingerprint density at radius 2 is 1.71 bits per heavy atom. The van der Waals surface area contributed by atoms with Crippen molar-refractivity contribution >= 4 is 5.69 Å². The standard InChI is InChI=1S/C15H25NO/c1-11-6-8-13(9-7-11)16-14(10-17)12(2)15(3,4)5/h6-9,12,14,16-17H,10H2,1-5H3. The Morgan fingerprint density at radius 3 is 2.12 bits per heavy atom. The lowest BCUT2D eigenvalue weighted by Gasteiger charge is -2.34. The molecule has 2 N–H and O–H groups in total. The molecule has 0 radical (unpaired) electrons. The van der Waals surface area contributed by atoms with Crippen LogP contribution in [-0.4, -0.2) is 17.8 Å². The van der Waals surface area contributed by atoms with Gasteiger partial charge in [0.2, 0.25) is 0 Å². The molecular formula is C15H25NO. The van der Waals surface area contributed by atoms with Gasteiger partial charge in [0.15, 0.2) is 0 Å². The van der Waals surface area contributed by atoms with Gasteiger partial charge in [-0.05, 0) is 30.4 Å². The first-order valence-corrected chi connectivity index (χ1v) is 6.28. The second-order valence-electron chi connectivity index (χ2n) is 5.95. The zero-order chi connectivity index (χ0) is 13.1. The first-order chi connectivity index (χ1) is 7.84. The van der Waals surface area contributed by atoms with Gasteiger partial charge < -0.3 is 10.4 Å². The lowest BCUT2D eigenvalue weighted by Crippen LogP contribution is -2.38. The SMILES string of the molecule is Cc1ccc(NC(CO)C(C)C(C)(C)C)cc1. The quantitative estimate of drug-likeness (QED) is 0.837. The number of aliphatic hydroxyl groups excluding tert-OH is 1. The van der Waals surface area contributed by atoms with Gasteiger partial charge in [0.25, 0.3) is 0 Å². The molecule has 1 aromatic carbocycles. The van der Waals surface area contributed by atoms with Crippen molar-refractivity contribution in [2.45, 2.75) is 40.7 Å². The smallest absolute Gasteiger partial charge is 0.0635 e. The maximum absolute atomic E-state index is 9.51. The van der Waals surface area contributed by atoms with Gasteiger partial charge in [0, 0.05) is 5.69 Å². The van der Waals surface area contributed by atoms with Gasteiger partial charge in [0.1, 0.15) is 0 Å². The number of rotatable bonds is 4. The van der Waals surface area contributed by atoms with Crippen LogP contribution in [0.4, 0.5) is 5.69 Å². The minimum Gasteiger partial charge on any atom is -0.394 e. The molecule has 0 amide bonds. The molecule has 0 aliphatic carbocycles. The molecule has 0 saturated heterocycles. The highest BCUT2D eigenvalue weighted by Crippen LogP contribution is 2.29. The Morgan fingerprint density at radius 1 is 1.18 bits per heavy atom. The van der Waals surface area contributed by atoms with Crippen LogP contribution in [0.3, 0.4) is 0 Å². The molecular weight excluding hydrogens is 210 g/mol. The normalized spacial score (nSPS) is 15.4. The Labute approximate surface area is 105 Å². The van der Waals surface area contributed by atoms with E-state index in [1.165, 1.54) is 5.56 Å². The van der Waals surface area contributed by atoms with Crippen molar-refractivity contribution in [2.75, 3.05) is 11.9 Å². The predicted octanol–water partition coefficient (Wildman–Crippen LogP) is 3.45. The minimum atomic E-state index is 0.0951. The van der Waals surface area contributed by atoms with Gasteiger partial charge in [-0.15, -0.1) is 0 Å². The molecule has 0 heterocycles. The van der Waals surface area contributed by atoms with E-state index in [0.717, 1.165) is 5.69 Å². The summed E-state index contributed by atoms with van der Waals surface area (Å²) in [6.45, 7) is 11.0. The molecule has 0 spiro atoms. The van der Waals surface area contributed by atoms with E-state index < -0.39 is 0 Å². The number of anilines is 1. The van der Waals surface area contributed by atoms with Crippen LogP contribution in [-0.2, 0) is 0 Å². The zero-order valence-electron chi connectivity index (χ0n) is 11.6. The molecule has 0 bridgehead atoms. The van der Waals surface area contributed by atoms with Crippen LogP contribution in [0.15, 0.2) is 24.3 Å². The highest BCUT2D eigenvalue weighted by molar-refractivity contribution is 5.45. The van der Waals surface area contributed by atoms with Crippen molar-refractivity contribution in [3.63, 3.8) is 0 Å². The van der Waals surface area contributed by atoms with Crippen molar-refractivity contribution in [1.82, 2.24) is 0 Å². The maximum Gasteiger partial charge on any atom is 0.0635 e. The highest BCUT2D eigenvalue weighted by atomic mass is 16.3. The van der Waals surface area contributed by atoms with Crippen molar-refractivity contribution in [1.29, 1.82) is 0 Å². The summed E-state index contributed by atoms with van der Waals surface area (Å²) < 4.78 is 0. The Hall–Kier alpha value is -1.02. The fourth-order valence-corrected chi connectivity index (χ4v) is 1.80. The van der Waals surface area contributed by atoms with Crippen molar-refractivity contribution in [3.8, 4) is 0 Å². The van der Waals surface area contributed by atoms with E-state index in [9.17, 15) is 5.11 Å². The summed E-state index contributed by atoms with van der Waals surface area (Å²) in [5.41, 5.74) is 2.51. The topological polar surface area (TPSA) is 32.3 Å². The molecule has 0 fully saturated rings. The van der Waals surface area contributed by atoms with Crippen LogP contribution < -0.4 is 5.32 Å². The molecule has 0 aliphatic rings. The minimum absolute atomic E-state index is 0.0951. The summed E-state index contributed by atoms with van der Waals surface area (Å²) in [7, 11) is 0. The van der Waals surface area contributed by atoms with Crippen molar-refractivity contribution < 1.29 is 5.11 Å². The number of benzene rings is 1. The number of aryl methyl sites for hydroxylation is 1. The van der Waals surface area contributed by atoms with Gasteiger partial charge in [0.05, 0.1) is 12.6 Å². The molecule has 96 valence electrons. The third-order valence-electron chi connectivity index (χ3n) is 3.57. The second-order valence-corrected chi connectivity index (χ2v) is 5.95. The van der Waals surface area contributed by atoms with E-state index in [4.69, 9.17) is 0 Å². The Bertz CT molecular complexity index is 337. The van der Waals surface area contributed by atoms with Gasteiger partial charge in [-0.1, -0.05) is 45.4 Å². The van der Waals surface area contributed by atoms with E-state index in [1.807, 2.05) is 0 Å². The van der Waals surface area contributed by atoms with Gasteiger partial charge in [-0.3, -0.25) is 0 Å². The van der Waals surface area contributed by atoms with E-state index >= 15 is 0 Å². The fourth-order valence-electron chi connectivity index (χ4n) is 1.80. The van der Waals surface area contributed by atoms with E-state index in [0.29, 0.717) is 5.92 Å². The predicted molar refractivity (Wildman–Crippen MR) is 74.3 cm³/mol. The van der Waals surface area contributed by atoms with Crippen LogP contribution in [0.1, 0.15) is 33.3 Å². The van der Waals surface area contributed by atoms with E-state index in [-0.39, 0.29) is 18.1 Å². The number of nitrogens with one attached hydrogen (secondary N) is 1. The van der Waals surface area contributed by atoms with Gasteiger partial charge in [-0.25, -0.2) is 0 Å². The first kappa shape index (κ1) is 14.0. The number of hydrogen-bond acceptors (Lipinski definition) is 2. The number of aliphatic hydroxyl groups is 1. The summed E-state index contributed by atoms with van der Waals surface area (Å²) in [4.78, 5) is 0. The summed E-state index contributed by atoms with van der Waals surface area (Å²) >= 11 is 0. The molecule has 17 heavy (non-hydrogen) atoms. The molecule has 2 unspecified atom stereocenters. The van der Waals surface area contributed by atoms with E-state index in [2.05, 4.69) is 64.2 Å². The van der Waals surface area contributed by atoms with Crippen LogP contribution in [0.5, 0.6) is 0 Å². The Kier molecular flexibility index (Phi) is 4.58. The summed E-state index contributed by atoms with van der Waals surface area (Å²) in [6.07, 6.45) is 0. The molecule has 0 saturated carbocycles. The highest BCUT2D eigenvalue weighted by Gasteiger charge is 2.27. The van der Waals surface area contributed by atoms with E-state index in [1.54, 1.807) is 0 Å². The maximum atomic E-state index is 9.51. The first-order valence-electron chi connectivity index (χ1n) is 6.28. The fraction of sp³-hybridized carbons (Fsp3) is 0.600. The average Bonchev–Trinajstić information content (AvgIpc) is 2.26. The van der Waals surface area contributed by atoms with Crippen molar-refractivity contribution in [2.24, 2.45) is 11.3 Å². The lowest BCUT2D eigenvalue weighted by atomic mass is 9.77. The summed E-state index contributed by atoms with van der Waals surface area (Å²) in [6, 6.07) is 8.38. The molecule has 2 nitrogen and oxygen atoms in total. The molecule has 0 aromatic heterocycles. The third kappa shape index (κ3) is 4.04. The second kappa shape index (κ2) is 5.54. The molecule has 1 aromatic rings. The van der Waals surface area contributed by atoms with Crippen LogP contribution in [0, 0.1) is 18.3 Å². The Balaban J connectivity index is 2.73. The summed E-state index contributed by atoms with van der Waals surface area (Å²) in [5, 5.41) is 12.9. The molecule has 0 aliphatic heterocycles. The summed E-state index contributed by atoms with van der Waals surface area (Å²) in [5.74, 6) is 0.397. The van der Waals surface area contributed by atoms with Crippen molar-refractivity contribution in [3.05, 3.63) is 29.8 Å². The monoisotopic (exact) mass is 235 g/mol. The molecule has 2 heteroatoms. The van der Waals surface area contributed by atoms with Gasteiger partial charge in [-0.2, -0.15) is 0 Å². The van der Waals surface area contributed by atoms with Crippen LogP contribution in [0.25, 0.3) is 0 Å². The zero-order valence-corrected chi connectivity index (χ0v) is 11.6. The lowest BCUT2D eigenvalue weighted by molar-refractivity contribution is 0.169. The van der Waals surface area contributed by atoms with Crippen LogP contribution >= 0.6 is 0 Å². The molecule has 2 atom stereocenters. The van der Waals surface area contributed by atoms with Crippen LogP contribution in [0.2, 0.25) is 0 Å².